The van der Waals surface area contributed by atoms with Crippen molar-refractivity contribution < 1.29 is 14.3 Å². The largest absolute Gasteiger partial charge is 0.469 e. The minimum absolute atomic E-state index is 0.00278. The third kappa shape index (κ3) is 3.93. The number of nitrogens with one attached hydrogen (secondary N) is 2. The second-order valence-electron chi connectivity index (χ2n) is 5.50. The van der Waals surface area contributed by atoms with Crippen molar-refractivity contribution in [2.24, 2.45) is 0 Å². The minimum atomic E-state index is -0.885. The lowest BCUT2D eigenvalue weighted by Gasteiger charge is -2.25. The standard InChI is InChI=1S/C14H22N2O3S/c1-14(18,9-20-2)8-15-13(17)16-11-4-3-5-12-10(11)6-7-19-12/h6-7,11,18H,3-5,8-9H2,1-2H3,(H2,15,16,17). The molecule has 1 heterocycles. The van der Waals surface area contributed by atoms with Crippen LogP contribution in [0.3, 0.4) is 0 Å². The number of carbonyl (C=O) groups is 1. The van der Waals surface area contributed by atoms with E-state index in [1.165, 1.54) is 0 Å². The van der Waals surface area contributed by atoms with Gasteiger partial charge in [-0.3, -0.25) is 0 Å². The molecule has 1 aromatic heterocycles. The molecule has 0 bridgehead atoms. The molecule has 112 valence electrons. The molecule has 2 atom stereocenters. The van der Waals surface area contributed by atoms with E-state index >= 15 is 0 Å². The maximum absolute atomic E-state index is 11.9. The molecule has 6 heteroatoms. The number of urea groups is 1. The number of rotatable bonds is 5. The molecule has 5 nitrogen and oxygen atoms in total. The number of carbonyl (C=O) groups excluding carboxylic acids is 1. The van der Waals surface area contributed by atoms with E-state index < -0.39 is 5.60 Å². The molecule has 3 N–H and O–H groups in total. The Morgan fingerprint density at radius 2 is 2.45 bits per heavy atom. The average Bonchev–Trinajstić information content (AvgIpc) is 2.86. The number of furan rings is 1. The Labute approximate surface area is 123 Å². The predicted molar refractivity (Wildman–Crippen MR) is 79.9 cm³/mol. The molecule has 0 aromatic carbocycles. The molecule has 2 rings (SSSR count). The lowest BCUT2D eigenvalue weighted by Crippen LogP contribution is -2.47. The van der Waals surface area contributed by atoms with Crippen molar-refractivity contribution in [3.05, 3.63) is 23.7 Å². The van der Waals surface area contributed by atoms with Crippen LogP contribution in [0.2, 0.25) is 0 Å². The highest BCUT2D eigenvalue weighted by Crippen LogP contribution is 2.30. The monoisotopic (exact) mass is 298 g/mol. The molecule has 0 radical (unpaired) electrons. The van der Waals surface area contributed by atoms with Crippen molar-refractivity contribution in [1.82, 2.24) is 10.6 Å². The second kappa shape index (κ2) is 6.54. The molecule has 0 spiro atoms. The van der Waals surface area contributed by atoms with Crippen LogP contribution < -0.4 is 10.6 Å². The van der Waals surface area contributed by atoms with Crippen LogP contribution in [0, 0.1) is 0 Å². The molecule has 1 aliphatic rings. The summed E-state index contributed by atoms with van der Waals surface area (Å²) in [4.78, 5) is 11.9. The van der Waals surface area contributed by atoms with Gasteiger partial charge in [0.1, 0.15) is 5.76 Å². The molecular weight excluding hydrogens is 276 g/mol. The van der Waals surface area contributed by atoms with Crippen molar-refractivity contribution in [1.29, 1.82) is 0 Å². The first-order valence-corrected chi connectivity index (χ1v) is 8.23. The minimum Gasteiger partial charge on any atom is -0.469 e. The molecule has 2 unspecified atom stereocenters. The van der Waals surface area contributed by atoms with Crippen LogP contribution in [0.1, 0.15) is 37.1 Å². The summed E-state index contributed by atoms with van der Waals surface area (Å²) in [6.07, 6.45) is 6.46. The number of hydrogen-bond donors (Lipinski definition) is 3. The van der Waals surface area contributed by atoms with E-state index in [0.717, 1.165) is 30.6 Å². The van der Waals surface area contributed by atoms with Gasteiger partial charge in [-0.1, -0.05) is 0 Å². The number of fused-ring (bicyclic) bond motifs is 1. The average molecular weight is 298 g/mol. The van der Waals surface area contributed by atoms with E-state index in [4.69, 9.17) is 4.42 Å². The molecule has 0 fully saturated rings. The van der Waals surface area contributed by atoms with Crippen LogP contribution in [-0.4, -0.2) is 35.3 Å². The van der Waals surface area contributed by atoms with Gasteiger partial charge in [0.2, 0.25) is 0 Å². The quantitative estimate of drug-likeness (QED) is 0.778. The fourth-order valence-electron chi connectivity index (χ4n) is 2.48. The molecule has 0 aliphatic heterocycles. The van der Waals surface area contributed by atoms with Crippen LogP contribution in [-0.2, 0) is 6.42 Å². The van der Waals surface area contributed by atoms with Gasteiger partial charge in [0.25, 0.3) is 0 Å². The topological polar surface area (TPSA) is 74.5 Å². The van der Waals surface area contributed by atoms with Crippen LogP contribution >= 0.6 is 11.8 Å². The highest BCUT2D eigenvalue weighted by molar-refractivity contribution is 7.98. The lowest BCUT2D eigenvalue weighted by molar-refractivity contribution is 0.0867. The van der Waals surface area contributed by atoms with Crippen LogP contribution in [0.5, 0.6) is 0 Å². The fraction of sp³-hybridized carbons (Fsp3) is 0.643. The zero-order valence-electron chi connectivity index (χ0n) is 11.9. The van der Waals surface area contributed by atoms with Gasteiger partial charge in [-0.25, -0.2) is 4.79 Å². The Kier molecular flexibility index (Phi) is 4.99. The van der Waals surface area contributed by atoms with Gasteiger partial charge in [-0.05, 0) is 32.1 Å². The van der Waals surface area contributed by atoms with Crippen LogP contribution in [0.25, 0.3) is 0 Å². The first-order valence-electron chi connectivity index (χ1n) is 6.84. The summed E-state index contributed by atoms with van der Waals surface area (Å²) < 4.78 is 5.40. The summed E-state index contributed by atoms with van der Waals surface area (Å²) in [6.45, 7) is 1.96. The van der Waals surface area contributed by atoms with E-state index in [2.05, 4.69) is 10.6 Å². The Hall–Kier alpha value is -1.14. The van der Waals surface area contributed by atoms with Crippen molar-refractivity contribution in [2.75, 3.05) is 18.6 Å². The van der Waals surface area contributed by atoms with Crippen LogP contribution in [0.4, 0.5) is 4.79 Å². The van der Waals surface area contributed by atoms with Crippen molar-refractivity contribution in [2.45, 2.75) is 37.8 Å². The zero-order valence-corrected chi connectivity index (χ0v) is 12.8. The second-order valence-corrected chi connectivity index (χ2v) is 6.37. The van der Waals surface area contributed by atoms with Gasteiger partial charge in [0.05, 0.1) is 17.9 Å². The fourth-order valence-corrected chi connectivity index (χ4v) is 3.20. The first-order chi connectivity index (χ1) is 9.52. The summed E-state index contributed by atoms with van der Waals surface area (Å²) in [5.41, 5.74) is 0.187. The summed E-state index contributed by atoms with van der Waals surface area (Å²) >= 11 is 1.55. The third-order valence-corrected chi connectivity index (χ3v) is 4.35. The number of aliphatic hydroxyl groups is 1. The first kappa shape index (κ1) is 15.3. The molecule has 2 amide bonds. The Morgan fingerprint density at radius 3 is 3.20 bits per heavy atom. The Morgan fingerprint density at radius 1 is 1.65 bits per heavy atom. The maximum Gasteiger partial charge on any atom is 0.315 e. The van der Waals surface area contributed by atoms with Crippen LogP contribution in [0.15, 0.2) is 16.7 Å². The summed E-state index contributed by atoms with van der Waals surface area (Å²) in [7, 11) is 0. The third-order valence-electron chi connectivity index (χ3n) is 3.44. The van der Waals surface area contributed by atoms with Crippen molar-refractivity contribution in [3.63, 3.8) is 0 Å². The normalized spacial score (nSPS) is 20.9. The summed E-state index contributed by atoms with van der Waals surface area (Å²) in [5.74, 6) is 1.55. The number of thioether (sulfide) groups is 1. The van der Waals surface area contributed by atoms with E-state index in [0.29, 0.717) is 5.75 Å². The lowest BCUT2D eigenvalue weighted by atomic mass is 9.93. The van der Waals surface area contributed by atoms with Gasteiger partial charge >= 0.3 is 6.03 Å². The van der Waals surface area contributed by atoms with Crippen molar-refractivity contribution >= 4 is 17.8 Å². The smallest absolute Gasteiger partial charge is 0.315 e. The highest BCUT2D eigenvalue weighted by atomic mass is 32.2. The van der Waals surface area contributed by atoms with E-state index in [1.54, 1.807) is 24.9 Å². The summed E-state index contributed by atoms with van der Waals surface area (Å²) in [6, 6.07) is 1.68. The van der Waals surface area contributed by atoms with Gasteiger partial charge in [0, 0.05) is 24.3 Å². The van der Waals surface area contributed by atoms with Gasteiger partial charge in [-0.15, -0.1) is 0 Å². The maximum atomic E-state index is 11.9. The molecule has 0 saturated heterocycles. The van der Waals surface area contributed by atoms with Gasteiger partial charge < -0.3 is 20.2 Å². The number of aryl methyl sites for hydroxylation is 1. The van der Waals surface area contributed by atoms with Gasteiger partial charge in [0.15, 0.2) is 0 Å². The number of hydrogen-bond acceptors (Lipinski definition) is 4. The zero-order chi connectivity index (χ0) is 14.6. The number of amides is 2. The molecule has 1 aliphatic carbocycles. The molecular formula is C14H22N2O3S. The SMILES string of the molecule is CSCC(C)(O)CNC(=O)NC1CCCc2occc21. The van der Waals surface area contributed by atoms with Gasteiger partial charge in [-0.2, -0.15) is 11.8 Å². The molecule has 0 saturated carbocycles. The summed E-state index contributed by atoms with van der Waals surface area (Å²) in [5, 5.41) is 15.7. The van der Waals surface area contributed by atoms with E-state index in [9.17, 15) is 9.90 Å². The predicted octanol–water partition coefficient (Wildman–Crippen LogP) is 2.07. The highest BCUT2D eigenvalue weighted by Gasteiger charge is 2.25. The molecule has 20 heavy (non-hydrogen) atoms. The molecule has 1 aromatic rings. The van der Waals surface area contributed by atoms with Crippen molar-refractivity contribution in [3.8, 4) is 0 Å². The van der Waals surface area contributed by atoms with E-state index in [1.807, 2.05) is 12.3 Å². The Bertz CT molecular complexity index is 459. The Balaban J connectivity index is 1.84. The van der Waals surface area contributed by atoms with E-state index in [-0.39, 0.29) is 18.6 Å².